The summed E-state index contributed by atoms with van der Waals surface area (Å²) in [5.74, 6) is -1.14. The highest BCUT2D eigenvalue weighted by Gasteiger charge is 2.32. The van der Waals surface area contributed by atoms with Gasteiger partial charge in [-0.1, -0.05) is 36.4 Å². The highest BCUT2D eigenvalue weighted by atomic mass is 32.2. The molecule has 0 saturated heterocycles. The molecule has 2 aromatic carbocycles. The smallest absolute Gasteiger partial charge is 0.267 e. The van der Waals surface area contributed by atoms with Gasteiger partial charge in [-0.25, -0.2) is 18.2 Å². The molecule has 7 nitrogen and oxygen atoms in total. The van der Waals surface area contributed by atoms with Crippen LogP contribution < -0.4 is 5.43 Å². The lowest BCUT2D eigenvalue weighted by Crippen LogP contribution is -2.30. The van der Waals surface area contributed by atoms with E-state index < -0.39 is 21.7 Å². The highest BCUT2D eigenvalue weighted by molar-refractivity contribution is 7.88. The molecule has 1 aromatic heterocycles. The molecule has 0 radical (unpaired) electrons. The third kappa shape index (κ3) is 3.67. The first-order valence-electron chi connectivity index (χ1n) is 8.57. The summed E-state index contributed by atoms with van der Waals surface area (Å²) in [6, 6.07) is 14.2. The molecule has 1 aliphatic rings. The quantitative estimate of drug-likeness (QED) is 0.712. The SMILES string of the molecule is O=C(Nn1ncc2c1CN(S(=O)(=O)Cc1ccccc1)C2)c1cccc(F)c1. The number of nitrogens with one attached hydrogen (secondary N) is 1. The van der Waals surface area contributed by atoms with Crippen molar-refractivity contribution in [3.8, 4) is 0 Å². The Bertz CT molecular complexity index is 1130. The van der Waals surface area contributed by atoms with Crippen molar-refractivity contribution in [3.05, 3.63) is 89.0 Å². The molecule has 0 spiro atoms. The number of rotatable bonds is 5. The van der Waals surface area contributed by atoms with Crippen LogP contribution in [0.2, 0.25) is 0 Å². The summed E-state index contributed by atoms with van der Waals surface area (Å²) in [4.78, 5) is 13.6. The van der Waals surface area contributed by atoms with Crippen LogP contribution in [0.25, 0.3) is 0 Å². The number of nitrogens with zero attached hydrogens (tertiary/aromatic N) is 3. The lowest BCUT2D eigenvalue weighted by Gasteiger charge is -2.16. The molecular weight excluding hydrogens is 383 g/mol. The summed E-state index contributed by atoms with van der Waals surface area (Å²) in [7, 11) is -3.52. The van der Waals surface area contributed by atoms with Crippen molar-refractivity contribution in [1.29, 1.82) is 0 Å². The fourth-order valence-corrected chi connectivity index (χ4v) is 4.53. The Hall–Kier alpha value is -3.04. The van der Waals surface area contributed by atoms with Gasteiger partial charge in [-0.15, -0.1) is 0 Å². The van der Waals surface area contributed by atoms with Gasteiger partial charge in [-0.3, -0.25) is 4.79 Å². The molecule has 0 aliphatic carbocycles. The van der Waals surface area contributed by atoms with Crippen LogP contribution in [0.5, 0.6) is 0 Å². The van der Waals surface area contributed by atoms with Crippen LogP contribution in [-0.4, -0.2) is 28.5 Å². The Morgan fingerprint density at radius 2 is 1.89 bits per heavy atom. The maximum absolute atomic E-state index is 13.3. The summed E-state index contributed by atoms with van der Waals surface area (Å²) < 4.78 is 40.1. The van der Waals surface area contributed by atoms with Crippen molar-refractivity contribution >= 4 is 15.9 Å². The first kappa shape index (κ1) is 18.3. The third-order valence-electron chi connectivity index (χ3n) is 4.51. The van der Waals surface area contributed by atoms with Gasteiger partial charge in [0.1, 0.15) is 5.82 Å². The average Bonchev–Trinajstić information content (AvgIpc) is 3.25. The van der Waals surface area contributed by atoms with Gasteiger partial charge in [0.15, 0.2) is 0 Å². The van der Waals surface area contributed by atoms with Gasteiger partial charge in [0, 0.05) is 17.7 Å². The zero-order chi connectivity index (χ0) is 19.7. The van der Waals surface area contributed by atoms with E-state index in [2.05, 4.69) is 10.5 Å². The van der Waals surface area contributed by atoms with Crippen molar-refractivity contribution < 1.29 is 17.6 Å². The molecule has 0 fully saturated rings. The zero-order valence-corrected chi connectivity index (χ0v) is 15.6. The number of carbonyl (C=O) groups excluding carboxylic acids is 1. The minimum Gasteiger partial charge on any atom is -0.267 e. The second-order valence-corrected chi connectivity index (χ2v) is 8.46. The van der Waals surface area contributed by atoms with Gasteiger partial charge >= 0.3 is 0 Å². The van der Waals surface area contributed by atoms with Crippen molar-refractivity contribution in [3.63, 3.8) is 0 Å². The zero-order valence-electron chi connectivity index (χ0n) is 14.7. The van der Waals surface area contributed by atoms with Crippen LogP contribution >= 0.6 is 0 Å². The van der Waals surface area contributed by atoms with E-state index in [9.17, 15) is 17.6 Å². The maximum atomic E-state index is 13.3. The Labute approximate surface area is 161 Å². The summed E-state index contributed by atoms with van der Waals surface area (Å²) in [5.41, 5.74) is 4.73. The van der Waals surface area contributed by atoms with E-state index in [-0.39, 0.29) is 24.4 Å². The number of halogens is 1. The summed E-state index contributed by atoms with van der Waals surface area (Å²) in [5, 5.41) is 4.10. The van der Waals surface area contributed by atoms with Crippen molar-refractivity contribution in [2.75, 3.05) is 5.43 Å². The molecule has 3 aromatic rings. The number of aromatic nitrogens is 2. The van der Waals surface area contributed by atoms with E-state index >= 15 is 0 Å². The molecular formula is C19H17FN4O3S. The summed E-state index contributed by atoms with van der Waals surface area (Å²) in [6.45, 7) is 0.300. The van der Waals surface area contributed by atoms with Crippen LogP contribution in [0.4, 0.5) is 4.39 Å². The lowest BCUT2D eigenvalue weighted by atomic mass is 10.2. The van der Waals surface area contributed by atoms with E-state index in [1.165, 1.54) is 33.5 Å². The molecule has 2 heterocycles. The molecule has 9 heteroatoms. The molecule has 28 heavy (non-hydrogen) atoms. The molecule has 1 N–H and O–H groups in total. The molecule has 0 bridgehead atoms. The topological polar surface area (TPSA) is 84.3 Å². The largest absolute Gasteiger partial charge is 0.271 e. The van der Waals surface area contributed by atoms with Crippen LogP contribution in [0, 0.1) is 5.82 Å². The average molecular weight is 400 g/mol. The molecule has 0 atom stereocenters. The molecule has 0 saturated carbocycles. The van der Waals surface area contributed by atoms with Crippen molar-refractivity contribution in [2.45, 2.75) is 18.8 Å². The molecule has 0 unspecified atom stereocenters. The van der Waals surface area contributed by atoms with Crippen molar-refractivity contribution in [1.82, 2.24) is 14.2 Å². The Morgan fingerprint density at radius 3 is 2.64 bits per heavy atom. The highest BCUT2D eigenvalue weighted by Crippen LogP contribution is 2.26. The number of sulfonamides is 1. The van der Waals surface area contributed by atoms with E-state index in [4.69, 9.17) is 0 Å². The third-order valence-corrected chi connectivity index (χ3v) is 6.25. The van der Waals surface area contributed by atoms with Gasteiger partial charge in [-0.05, 0) is 23.8 Å². The number of carbonyl (C=O) groups is 1. The minimum absolute atomic E-state index is 0.0960. The normalized spacial score (nSPS) is 14.0. The van der Waals surface area contributed by atoms with Gasteiger partial charge in [0.05, 0.1) is 24.2 Å². The number of hydrogen-bond acceptors (Lipinski definition) is 4. The summed E-state index contributed by atoms with van der Waals surface area (Å²) >= 11 is 0. The minimum atomic E-state index is -3.52. The number of hydrogen-bond donors (Lipinski definition) is 1. The van der Waals surface area contributed by atoms with Crippen LogP contribution in [0.15, 0.2) is 60.8 Å². The molecule has 1 amide bonds. The Kier molecular flexibility index (Phi) is 4.70. The fourth-order valence-electron chi connectivity index (χ4n) is 3.08. The van der Waals surface area contributed by atoms with Gasteiger partial charge < -0.3 is 0 Å². The Balaban J connectivity index is 1.49. The first-order chi connectivity index (χ1) is 13.4. The first-order valence-corrected chi connectivity index (χ1v) is 10.2. The Morgan fingerprint density at radius 1 is 1.11 bits per heavy atom. The van der Waals surface area contributed by atoms with Crippen LogP contribution in [-0.2, 0) is 28.9 Å². The molecule has 4 rings (SSSR count). The predicted octanol–water partition coefficient (Wildman–Crippen LogP) is 2.25. The fraction of sp³-hybridized carbons (Fsp3) is 0.158. The van der Waals surface area contributed by atoms with Gasteiger partial charge in [0.25, 0.3) is 5.91 Å². The van der Waals surface area contributed by atoms with Crippen LogP contribution in [0.3, 0.4) is 0 Å². The second kappa shape index (κ2) is 7.17. The molecule has 1 aliphatic heterocycles. The van der Waals surface area contributed by atoms with Crippen molar-refractivity contribution in [2.24, 2.45) is 0 Å². The lowest BCUT2D eigenvalue weighted by molar-refractivity contribution is 0.100. The van der Waals surface area contributed by atoms with Gasteiger partial charge in [0.2, 0.25) is 10.0 Å². The maximum Gasteiger partial charge on any atom is 0.271 e. The van der Waals surface area contributed by atoms with E-state index in [0.29, 0.717) is 11.3 Å². The summed E-state index contributed by atoms with van der Waals surface area (Å²) in [6.07, 6.45) is 1.53. The molecule has 144 valence electrons. The van der Waals surface area contributed by atoms with E-state index in [1.807, 2.05) is 6.07 Å². The van der Waals surface area contributed by atoms with Gasteiger partial charge in [-0.2, -0.15) is 14.2 Å². The standard InChI is InChI=1S/C19H17FN4O3S/c20-17-8-4-7-15(9-17)19(25)22-24-18-12-23(11-16(18)10-21-24)28(26,27)13-14-5-2-1-3-6-14/h1-10H,11-13H2,(H,22,25). The van der Waals surface area contributed by atoms with E-state index in [0.717, 1.165) is 11.6 Å². The van der Waals surface area contributed by atoms with Crippen LogP contribution in [0.1, 0.15) is 27.2 Å². The monoisotopic (exact) mass is 400 g/mol. The number of benzene rings is 2. The number of fused-ring (bicyclic) bond motifs is 1. The number of amides is 1. The van der Waals surface area contributed by atoms with E-state index in [1.54, 1.807) is 24.3 Å². The second-order valence-electron chi connectivity index (χ2n) is 6.49. The predicted molar refractivity (Wildman–Crippen MR) is 101 cm³/mol.